The zero-order valence-electron chi connectivity index (χ0n) is 8.94. The van der Waals surface area contributed by atoms with Crippen LogP contribution in [-0.2, 0) is 0 Å². The first-order valence-electron chi connectivity index (χ1n) is 4.52. The van der Waals surface area contributed by atoms with Gasteiger partial charge in [-0.05, 0) is 14.1 Å². The van der Waals surface area contributed by atoms with Crippen LogP contribution in [-0.4, -0.2) is 49.1 Å². The maximum atomic E-state index is 5.75. The summed E-state index contributed by atoms with van der Waals surface area (Å²) in [5, 5.41) is 0. The summed E-state index contributed by atoms with van der Waals surface area (Å²) in [6.07, 6.45) is 3.13. The van der Waals surface area contributed by atoms with Crippen LogP contribution in [0.25, 0.3) is 0 Å². The second-order valence-electron chi connectivity index (χ2n) is 3.53. The summed E-state index contributed by atoms with van der Waals surface area (Å²) in [7, 11) is 6.05. The SMILES string of the molecule is CN(C)CCN(C)c1ncncc1N. The minimum absolute atomic E-state index is 0.619. The summed E-state index contributed by atoms with van der Waals surface area (Å²) in [5.74, 6) is 0.793. The predicted molar refractivity (Wildman–Crippen MR) is 58.3 cm³/mol. The van der Waals surface area contributed by atoms with E-state index >= 15 is 0 Å². The molecule has 1 heterocycles. The number of aromatic nitrogens is 2. The first kappa shape index (κ1) is 10.7. The molecule has 5 nitrogen and oxygen atoms in total. The molecule has 0 atom stereocenters. The third-order valence-corrected chi connectivity index (χ3v) is 1.96. The molecule has 1 aromatic heterocycles. The number of nitrogens with two attached hydrogens (primary N) is 1. The van der Waals surface area contributed by atoms with E-state index in [1.807, 2.05) is 26.0 Å². The van der Waals surface area contributed by atoms with Gasteiger partial charge in [-0.2, -0.15) is 0 Å². The van der Waals surface area contributed by atoms with Gasteiger partial charge in [-0.25, -0.2) is 9.97 Å². The van der Waals surface area contributed by atoms with Gasteiger partial charge in [0.25, 0.3) is 0 Å². The Morgan fingerprint density at radius 3 is 2.57 bits per heavy atom. The van der Waals surface area contributed by atoms with E-state index in [-0.39, 0.29) is 0 Å². The van der Waals surface area contributed by atoms with Crippen LogP contribution in [0.5, 0.6) is 0 Å². The monoisotopic (exact) mass is 195 g/mol. The molecule has 0 unspecified atom stereocenters. The standard InChI is InChI=1S/C9H17N5/c1-13(2)4-5-14(3)9-8(10)6-11-7-12-9/h6-7H,4-5,10H2,1-3H3. The van der Waals surface area contributed by atoms with Crippen LogP contribution in [0.2, 0.25) is 0 Å². The van der Waals surface area contributed by atoms with Gasteiger partial charge in [-0.15, -0.1) is 0 Å². The van der Waals surface area contributed by atoms with Gasteiger partial charge >= 0.3 is 0 Å². The lowest BCUT2D eigenvalue weighted by atomic mass is 10.4. The Balaban J connectivity index is 2.60. The van der Waals surface area contributed by atoms with E-state index in [1.54, 1.807) is 6.20 Å². The summed E-state index contributed by atoms with van der Waals surface area (Å²) >= 11 is 0. The van der Waals surface area contributed by atoms with E-state index in [0.717, 1.165) is 18.9 Å². The molecule has 0 bridgehead atoms. The lowest BCUT2D eigenvalue weighted by Gasteiger charge is -2.21. The molecule has 0 aliphatic rings. The second kappa shape index (κ2) is 4.76. The van der Waals surface area contributed by atoms with Crippen LogP contribution in [0.3, 0.4) is 0 Å². The van der Waals surface area contributed by atoms with E-state index in [1.165, 1.54) is 6.33 Å². The predicted octanol–water partition coefficient (Wildman–Crippen LogP) is 0.0566. The zero-order valence-corrected chi connectivity index (χ0v) is 8.94. The largest absolute Gasteiger partial charge is 0.394 e. The number of anilines is 2. The highest BCUT2D eigenvalue weighted by Gasteiger charge is 2.05. The smallest absolute Gasteiger partial charge is 0.155 e. The molecule has 78 valence electrons. The molecule has 0 amide bonds. The Bertz CT molecular complexity index is 286. The van der Waals surface area contributed by atoms with Crippen molar-refractivity contribution in [3.05, 3.63) is 12.5 Å². The number of nitrogen functional groups attached to an aromatic ring is 1. The van der Waals surface area contributed by atoms with E-state index in [4.69, 9.17) is 5.73 Å². The third kappa shape index (κ3) is 2.85. The Labute approximate surface area is 84.6 Å². The molecular formula is C9H17N5. The van der Waals surface area contributed by atoms with Crippen molar-refractivity contribution >= 4 is 11.5 Å². The first-order chi connectivity index (χ1) is 6.61. The summed E-state index contributed by atoms with van der Waals surface area (Å²) in [6, 6.07) is 0. The quantitative estimate of drug-likeness (QED) is 0.736. The summed E-state index contributed by atoms with van der Waals surface area (Å²) in [4.78, 5) is 12.1. The number of likely N-dealkylation sites (N-methyl/N-ethyl adjacent to an activating group) is 2. The van der Waals surface area contributed by atoms with Gasteiger partial charge in [0.1, 0.15) is 6.33 Å². The van der Waals surface area contributed by atoms with Gasteiger partial charge in [-0.1, -0.05) is 0 Å². The lowest BCUT2D eigenvalue weighted by molar-refractivity contribution is 0.416. The van der Waals surface area contributed by atoms with E-state index in [0.29, 0.717) is 5.69 Å². The Kier molecular flexibility index (Phi) is 3.64. The lowest BCUT2D eigenvalue weighted by Crippen LogP contribution is -2.29. The second-order valence-corrected chi connectivity index (χ2v) is 3.53. The topological polar surface area (TPSA) is 58.3 Å². The van der Waals surface area contributed by atoms with E-state index in [9.17, 15) is 0 Å². The highest BCUT2D eigenvalue weighted by atomic mass is 15.2. The first-order valence-corrected chi connectivity index (χ1v) is 4.52. The van der Waals surface area contributed by atoms with Gasteiger partial charge in [0.05, 0.1) is 11.9 Å². The number of hydrogen-bond donors (Lipinski definition) is 1. The van der Waals surface area contributed by atoms with Gasteiger partial charge in [0.15, 0.2) is 5.82 Å². The van der Waals surface area contributed by atoms with Crippen LogP contribution < -0.4 is 10.6 Å². The van der Waals surface area contributed by atoms with Crippen molar-refractivity contribution in [2.45, 2.75) is 0 Å². The number of rotatable bonds is 4. The third-order valence-electron chi connectivity index (χ3n) is 1.96. The zero-order chi connectivity index (χ0) is 10.6. The molecule has 0 radical (unpaired) electrons. The Morgan fingerprint density at radius 1 is 1.29 bits per heavy atom. The van der Waals surface area contributed by atoms with Gasteiger partial charge < -0.3 is 15.5 Å². The fraction of sp³-hybridized carbons (Fsp3) is 0.556. The molecule has 0 aliphatic heterocycles. The van der Waals surface area contributed by atoms with Crippen molar-refractivity contribution in [2.75, 3.05) is 44.9 Å². The highest BCUT2D eigenvalue weighted by Crippen LogP contribution is 2.15. The number of nitrogens with zero attached hydrogens (tertiary/aromatic N) is 4. The molecule has 5 heteroatoms. The molecule has 0 saturated carbocycles. The molecule has 0 fully saturated rings. The normalized spacial score (nSPS) is 10.6. The molecule has 0 saturated heterocycles. The molecule has 0 aromatic carbocycles. The highest BCUT2D eigenvalue weighted by molar-refractivity contribution is 5.60. The summed E-state index contributed by atoms with van der Waals surface area (Å²) < 4.78 is 0. The van der Waals surface area contributed by atoms with Gasteiger partial charge in [0, 0.05) is 20.1 Å². The van der Waals surface area contributed by atoms with Gasteiger partial charge in [-0.3, -0.25) is 0 Å². The maximum absolute atomic E-state index is 5.75. The summed E-state index contributed by atoms with van der Waals surface area (Å²) in [6.45, 7) is 1.87. The van der Waals surface area contributed by atoms with E-state index in [2.05, 4.69) is 14.9 Å². The molecule has 0 aliphatic carbocycles. The average Bonchev–Trinajstić information content (AvgIpc) is 2.15. The van der Waals surface area contributed by atoms with E-state index < -0.39 is 0 Å². The van der Waals surface area contributed by atoms with Crippen LogP contribution in [0.1, 0.15) is 0 Å². The summed E-state index contributed by atoms with van der Waals surface area (Å²) in [5.41, 5.74) is 6.37. The van der Waals surface area contributed by atoms with Crippen molar-refractivity contribution in [1.82, 2.24) is 14.9 Å². The molecule has 0 spiro atoms. The maximum Gasteiger partial charge on any atom is 0.155 e. The number of hydrogen-bond acceptors (Lipinski definition) is 5. The Morgan fingerprint density at radius 2 is 2.00 bits per heavy atom. The Hall–Kier alpha value is -1.36. The molecule has 14 heavy (non-hydrogen) atoms. The molecule has 2 N–H and O–H groups in total. The van der Waals surface area contributed by atoms with Crippen LogP contribution >= 0.6 is 0 Å². The molecular weight excluding hydrogens is 178 g/mol. The minimum Gasteiger partial charge on any atom is -0.394 e. The average molecular weight is 195 g/mol. The van der Waals surface area contributed by atoms with Crippen molar-refractivity contribution < 1.29 is 0 Å². The van der Waals surface area contributed by atoms with Crippen molar-refractivity contribution in [3.8, 4) is 0 Å². The van der Waals surface area contributed by atoms with Gasteiger partial charge in [0.2, 0.25) is 0 Å². The van der Waals surface area contributed by atoms with Crippen molar-refractivity contribution in [2.24, 2.45) is 0 Å². The minimum atomic E-state index is 0.619. The van der Waals surface area contributed by atoms with Crippen molar-refractivity contribution in [1.29, 1.82) is 0 Å². The molecule has 1 aromatic rings. The molecule has 1 rings (SSSR count). The van der Waals surface area contributed by atoms with Crippen LogP contribution in [0, 0.1) is 0 Å². The van der Waals surface area contributed by atoms with Crippen LogP contribution in [0.15, 0.2) is 12.5 Å². The van der Waals surface area contributed by atoms with Crippen molar-refractivity contribution in [3.63, 3.8) is 0 Å². The fourth-order valence-electron chi connectivity index (χ4n) is 1.11. The fourth-order valence-corrected chi connectivity index (χ4v) is 1.11. The van der Waals surface area contributed by atoms with Crippen LogP contribution in [0.4, 0.5) is 11.5 Å².